The van der Waals surface area contributed by atoms with Crippen LogP contribution in [0.5, 0.6) is 0 Å². The molecule has 108 valence electrons. The Morgan fingerprint density at radius 2 is 2.35 bits per heavy atom. The largest absolute Gasteiger partial charge is 0.467 e. The van der Waals surface area contributed by atoms with Gasteiger partial charge in [0.25, 0.3) is 0 Å². The maximum absolute atomic E-state index is 11.7. The quantitative estimate of drug-likeness (QED) is 0.816. The van der Waals surface area contributed by atoms with E-state index in [0.717, 1.165) is 12.2 Å². The number of hydrogen-bond acceptors (Lipinski definition) is 5. The summed E-state index contributed by atoms with van der Waals surface area (Å²) in [4.78, 5) is 11.7. The molecule has 0 spiro atoms. The number of esters is 1. The third kappa shape index (κ3) is 2.91. The van der Waals surface area contributed by atoms with E-state index in [9.17, 15) is 4.79 Å². The predicted octanol–water partition coefficient (Wildman–Crippen LogP) is 1.98. The molecule has 2 unspecified atom stereocenters. The highest BCUT2D eigenvalue weighted by Gasteiger charge is 2.25. The number of nitrogens with two attached hydrogens (primary N) is 1. The Morgan fingerprint density at radius 3 is 2.95 bits per heavy atom. The summed E-state index contributed by atoms with van der Waals surface area (Å²) >= 11 is 0. The molecule has 0 aliphatic heterocycles. The molecule has 2 aromatic rings. The van der Waals surface area contributed by atoms with Gasteiger partial charge in [-0.3, -0.25) is 4.68 Å². The second-order valence-electron chi connectivity index (χ2n) is 4.46. The topological polar surface area (TPSA) is 83.3 Å². The zero-order valence-corrected chi connectivity index (χ0v) is 11.7. The first-order chi connectivity index (χ1) is 9.67. The molecular formula is C14H19N3O3. The standard InChI is InChI=1S/C14H19N3O3/c1-3-11(15)13(12-6-5-7-20-12)17-9-10(8-16-17)14(18)19-4-2/h5-9,11,13H,3-4,15H2,1-2H3. The summed E-state index contributed by atoms with van der Waals surface area (Å²) in [5, 5.41) is 4.22. The Hall–Kier alpha value is -2.08. The predicted molar refractivity (Wildman–Crippen MR) is 73.3 cm³/mol. The molecular weight excluding hydrogens is 258 g/mol. The second kappa shape index (κ2) is 6.38. The van der Waals surface area contributed by atoms with Crippen LogP contribution in [0.15, 0.2) is 35.2 Å². The highest BCUT2D eigenvalue weighted by molar-refractivity contribution is 5.88. The lowest BCUT2D eigenvalue weighted by Crippen LogP contribution is -2.32. The molecule has 0 radical (unpaired) electrons. The molecule has 0 amide bonds. The molecule has 0 aromatic carbocycles. The van der Waals surface area contributed by atoms with Crippen LogP contribution in [0.1, 0.15) is 42.4 Å². The van der Waals surface area contributed by atoms with Crippen LogP contribution in [-0.2, 0) is 4.74 Å². The van der Waals surface area contributed by atoms with Crippen molar-refractivity contribution in [2.24, 2.45) is 5.73 Å². The first-order valence-electron chi connectivity index (χ1n) is 6.67. The van der Waals surface area contributed by atoms with Gasteiger partial charge in [-0.1, -0.05) is 6.92 Å². The number of carbonyl (C=O) groups is 1. The lowest BCUT2D eigenvalue weighted by atomic mass is 10.0. The van der Waals surface area contributed by atoms with Crippen LogP contribution >= 0.6 is 0 Å². The highest BCUT2D eigenvalue weighted by Crippen LogP contribution is 2.23. The van der Waals surface area contributed by atoms with Crippen molar-refractivity contribution in [2.75, 3.05) is 6.61 Å². The van der Waals surface area contributed by atoms with Crippen molar-refractivity contribution in [1.29, 1.82) is 0 Å². The van der Waals surface area contributed by atoms with E-state index < -0.39 is 0 Å². The van der Waals surface area contributed by atoms with Crippen LogP contribution in [-0.4, -0.2) is 28.4 Å². The van der Waals surface area contributed by atoms with Gasteiger partial charge in [0.05, 0.1) is 24.6 Å². The average Bonchev–Trinajstić information content (AvgIpc) is 3.11. The van der Waals surface area contributed by atoms with E-state index in [1.807, 2.05) is 13.0 Å². The monoisotopic (exact) mass is 277 g/mol. The van der Waals surface area contributed by atoms with E-state index in [1.54, 1.807) is 30.1 Å². The Kier molecular flexibility index (Phi) is 4.57. The molecule has 2 heterocycles. The van der Waals surface area contributed by atoms with Crippen molar-refractivity contribution in [3.8, 4) is 0 Å². The molecule has 6 heteroatoms. The van der Waals surface area contributed by atoms with Crippen LogP contribution in [0, 0.1) is 0 Å². The molecule has 2 rings (SSSR count). The molecule has 2 N–H and O–H groups in total. The lowest BCUT2D eigenvalue weighted by Gasteiger charge is -2.21. The first-order valence-corrected chi connectivity index (χ1v) is 6.67. The lowest BCUT2D eigenvalue weighted by molar-refractivity contribution is 0.0526. The first kappa shape index (κ1) is 14.3. The maximum Gasteiger partial charge on any atom is 0.341 e. The van der Waals surface area contributed by atoms with Gasteiger partial charge in [0.2, 0.25) is 0 Å². The van der Waals surface area contributed by atoms with Crippen LogP contribution < -0.4 is 5.73 Å². The van der Waals surface area contributed by atoms with Gasteiger partial charge >= 0.3 is 5.97 Å². The molecule has 0 bridgehead atoms. The van der Waals surface area contributed by atoms with Gasteiger partial charge in [-0.15, -0.1) is 0 Å². The Morgan fingerprint density at radius 1 is 1.55 bits per heavy atom. The van der Waals surface area contributed by atoms with Gasteiger partial charge in [-0.25, -0.2) is 4.79 Å². The maximum atomic E-state index is 11.7. The molecule has 0 aliphatic rings. The van der Waals surface area contributed by atoms with E-state index >= 15 is 0 Å². The number of rotatable bonds is 6. The summed E-state index contributed by atoms with van der Waals surface area (Å²) < 4.78 is 12.0. The Bertz CT molecular complexity index is 548. The number of aromatic nitrogens is 2. The molecule has 2 atom stereocenters. The van der Waals surface area contributed by atoms with Gasteiger partial charge in [0, 0.05) is 12.2 Å². The normalized spacial score (nSPS) is 13.9. The summed E-state index contributed by atoms with van der Waals surface area (Å²) in [6, 6.07) is 3.26. The zero-order chi connectivity index (χ0) is 14.5. The number of nitrogens with zero attached hydrogens (tertiary/aromatic N) is 2. The summed E-state index contributed by atoms with van der Waals surface area (Å²) in [7, 11) is 0. The third-order valence-electron chi connectivity index (χ3n) is 3.11. The van der Waals surface area contributed by atoms with E-state index in [4.69, 9.17) is 14.9 Å². The smallest absolute Gasteiger partial charge is 0.341 e. The molecule has 0 fully saturated rings. The van der Waals surface area contributed by atoms with Gasteiger partial charge in [0.1, 0.15) is 11.8 Å². The van der Waals surface area contributed by atoms with Crippen LogP contribution in [0.4, 0.5) is 0 Å². The van der Waals surface area contributed by atoms with Crippen LogP contribution in [0.3, 0.4) is 0 Å². The van der Waals surface area contributed by atoms with Gasteiger partial charge < -0.3 is 14.9 Å². The van der Waals surface area contributed by atoms with Crippen molar-refractivity contribution < 1.29 is 13.9 Å². The number of carbonyl (C=O) groups excluding carboxylic acids is 1. The van der Waals surface area contributed by atoms with Crippen LogP contribution in [0.2, 0.25) is 0 Å². The van der Waals surface area contributed by atoms with Crippen molar-refractivity contribution in [2.45, 2.75) is 32.4 Å². The third-order valence-corrected chi connectivity index (χ3v) is 3.11. The summed E-state index contributed by atoms with van der Waals surface area (Å²) in [6.45, 7) is 4.09. The van der Waals surface area contributed by atoms with Crippen LogP contribution in [0.25, 0.3) is 0 Å². The van der Waals surface area contributed by atoms with Gasteiger partial charge in [-0.2, -0.15) is 5.10 Å². The fourth-order valence-electron chi connectivity index (χ4n) is 2.03. The fourth-order valence-corrected chi connectivity index (χ4v) is 2.03. The summed E-state index contributed by atoms with van der Waals surface area (Å²) in [6.07, 6.45) is 5.48. The van der Waals surface area contributed by atoms with Crippen molar-refractivity contribution >= 4 is 5.97 Å². The number of hydrogen-bond donors (Lipinski definition) is 1. The summed E-state index contributed by atoms with van der Waals surface area (Å²) in [5.74, 6) is 0.333. The van der Waals surface area contributed by atoms with E-state index in [-0.39, 0.29) is 18.1 Å². The second-order valence-corrected chi connectivity index (χ2v) is 4.46. The molecule has 2 aromatic heterocycles. The van der Waals surface area contributed by atoms with Gasteiger partial charge in [0.15, 0.2) is 0 Å². The minimum Gasteiger partial charge on any atom is -0.467 e. The Balaban J connectivity index is 2.28. The molecule has 0 aliphatic carbocycles. The van der Waals surface area contributed by atoms with Crippen molar-refractivity contribution in [3.63, 3.8) is 0 Å². The highest BCUT2D eigenvalue weighted by atomic mass is 16.5. The number of furan rings is 1. The number of ether oxygens (including phenoxy) is 1. The zero-order valence-electron chi connectivity index (χ0n) is 11.7. The Labute approximate surface area is 117 Å². The molecule has 6 nitrogen and oxygen atoms in total. The summed E-state index contributed by atoms with van der Waals surface area (Å²) in [5.41, 5.74) is 6.56. The minimum absolute atomic E-state index is 0.156. The molecule has 0 saturated heterocycles. The van der Waals surface area contributed by atoms with Gasteiger partial charge in [-0.05, 0) is 25.5 Å². The molecule has 0 saturated carbocycles. The van der Waals surface area contributed by atoms with E-state index in [0.29, 0.717) is 12.2 Å². The average molecular weight is 277 g/mol. The van der Waals surface area contributed by atoms with E-state index in [2.05, 4.69) is 5.10 Å². The van der Waals surface area contributed by atoms with E-state index in [1.165, 1.54) is 6.20 Å². The minimum atomic E-state index is -0.387. The van der Waals surface area contributed by atoms with Crippen molar-refractivity contribution in [1.82, 2.24) is 9.78 Å². The molecule has 20 heavy (non-hydrogen) atoms. The van der Waals surface area contributed by atoms with Crippen molar-refractivity contribution in [3.05, 3.63) is 42.1 Å². The fraction of sp³-hybridized carbons (Fsp3) is 0.429. The SMILES string of the molecule is CCOC(=O)c1cnn(C(c2ccco2)C(N)CC)c1.